The van der Waals surface area contributed by atoms with E-state index in [9.17, 15) is 14.4 Å². The summed E-state index contributed by atoms with van der Waals surface area (Å²) in [5, 5.41) is 1.97. The van der Waals surface area contributed by atoms with Crippen molar-refractivity contribution in [2.24, 2.45) is 0 Å². The first kappa shape index (κ1) is 16.6. The van der Waals surface area contributed by atoms with Crippen molar-refractivity contribution in [3.63, 3.8) is 0 Å². The van der Waals surface area contributed by atoms with E-state index in [0.29, 0.717) is 26.1 Å². The van der Waals surface area contributed by atoms with E-state index < -0.39 is 6.04 Å². The van der Waals surface area contributed by atoms with Gasteiger partial charge in [0, 0.05) is 36.9 Å². The first-order valence-corrected chi connectivity index (χ1v) is 9.23. The van der Waals surface area contributed by atoms with Crippen molar-refractivity contribution in [2.45, 2.75) is 12.5 Å². The van der Waals surface area contributed by atoms with E-state index in [2.05, 4.69) is 9.97 Å². The Kier molecular flexibility index (Phi) is 4.37. The van der Waals surface area contributed by atoms with E-state index in [1.807, 2.05) is 17.5 Å². The van der Waals surface area contributed by atoms with Crippen LogP contribution in [0.3, 0.4) is 0 Å². The number of thiophene rings is 1. The molecule has 0 unspecified atom stereocenters. The number of hydrogen-bond donors (Lipinski definition) is 0. The van der Waals surface area contributed by atoms with Crippen LogP contribution in [0.5, 0.6) is 0 Å². The predicted octanol–water partition coefficient (Wildman–Crippen LogP) is 0.869. The van der Waals surface area contributed by atoms with Crippen LogP contribution in [0.1, 0.15) is 15.4 Å². The second-order valence-corrected chi connectivity index (χ2v) is 7.19. The van der Waals surface area contributed by atoms with Crippen LogP contribution in [0.25, 0.3) is 0 Å². The Morgan fingerprint density at radius 1 is 1.27 bits per heavy atom. The number of amides is 4. The maximum absolute atomic E-state index is 12.7. The minimum absolute atomic E-state index is 0.190. The van der Waals surface area contributed by atoms with Crippen molar-refractivity contribution < 1.29 is 14.4 Å². The first-order chi connectivity index (χ1) is 12.6. The van der Waals surface area contributed by atoms with Gasteiger partial charge < -0.3 is 9.80 Å². The maximum atomic E-state index is 12.7. The molecule has 134 valence electrons. The fraction of sp³-hybridized carbons (Fsp3) is 0.353. The van der Waals surface area contributed by atoms with Crippen LogP contribution in [0.4, 0.5) is 4.79 Å². The fourth-order valence-corrected chi connectivity index (χ4v) is 3.99. The number of aromatic nitrogens is 2. The van der Waals surface area contributed by atoms with Crippen LogP contribution in [0.2, 0.25) is 0 Å². The van der Waals surface area contributed by atoms with Crippen molar-refractivity contribution in [3.8, 4) is 0 Å². The smallest absolute Gasteiger partial charge is 0.327 e. The number of nitrogens with zero attached hydrogens (tertiary/aromatic N) is 5. The number of hydrogen-bond acceptors (Lipinski definition) is 6. The molecule has 2 aromatic heterocycles. The Hall–Kier alpha value is -2.81. The fourth-order valence-electron chi connectivity index (χ4n) is 3.29. The molecule has 2 aliphatic heterocycles. The van der Waals surface area contributed by atoms with Crippen molar-refractivity contribution in [1.29, 1.82) is 0 Å². The predicted molar refractivity (Wildman–Crippen MR) is 93.6 cm³/mol. The summed E-state index contributed by atoms with van der Waals surface area (Å²) in [7, 11) is 0. The molecule has 26 heavy (non-hydrogen) atoms. The highest BCUT2D eigenvalue weighted by atomic mass is 32.1. The summed E-state index contributed by atoms with van der Waals surface area (Å²) in [5.74, 6) is -0.502. The molecule has 1 atom stereocenters. The second-order valence-electron chi connectivity index (χ2n) is 6.15. The molecule has 0 radical (unpaired) electrons. The van der Waals surface area contributed by atoms with Gasteiger partial charge in [-0.05, 0) is 17.9 Å². The van der Waals surface area contributed by atoms with Gasteiger partial charge in [0.25, 0.3) is 11.8 Å². The van der Waals surface area contributed by atoms with Gasteiger partial charge >= 0.3 is 6.03 Å². The van der Waals surface area contributed by atoms with Gasteiger partial charge in [0.1, 0.15) is 11.7 Å². The molecule has 8 nitrogen and oxygen atoms in total. The van der Waals surface area contributed by atoms with Crippen molar-refractivity contribution in [1.82, 2.24) is 24.7 Å². The van der Waals surface area contributed by atoms with Crippen LogP contribution in [0, 0.1) is 0 Å². The van der Waals surface area contributed by atoms with Gasteiger partial charge in [-0.2, -0.15) is 0 Å². The van der Waals surface area contributed by atoms with Gasteiger partial charge in [0.15, 0.2) is 0 Å². The largest absolute Gasteiger partial charge is 0.333 e. The van der Waals surface area contributed by atoms with Crippen molar-refractivity contribution in [2.75, 3.05) is 26.2 Å². The monoisotopic (exact) mass is 371 g/mol. The third kappa shape index (κ3) is 2.94. The summed E-state index contributed by atoms with van der Waals surface area (Å²) in [4.78, 5) is 51.3. The summed E-state index contributed by atoms with van der Waals surface area (Å²) in [6.45, 7) is 1.28. The lowest BCUT2D eigenvalue weighted by molar-refractivity contribution is -0.129. The number of piperazine rings is 1. The van der Waals surface area contributed by atoms with Gasteiger partial charge in [0.2, 0.25) is 0 Å². The molecule has 0 aromatic carbocycles. The number of fused-ring (bicyclic) bond motifs is 1. The summed E-state index contributed by atoms with van der Waals surface area (Å²) >= 11 is 1.61. The molecule has 0 aliphatic carbocycles. The Balaban J connectivity index is 1.44. The van der Waals surface area contributed by atoms with Gasteiger partial charge in [-0.1, -0.05) is 6.07 Å². The summed E-state index contributed by atoms with van der Waals surface area (Å²) in [5.41, 5.74) is 0.243. The number of urea groups is 1. The minimum atomic E-state index is -0.611. The van der Waals surface area contributed by atoms with Gasteiger partial charge in [-0.3, -0.25) is 19.5 Å². The van der Waals surface area contributed by atoms with Gasteiger partial charge in [0.05, 0.1) is 12.7 Å². The third-order valence-corrected chi connectivity index (χ3v) is 5.58. The molecule has 0 bridgehead atoms. The highest BCUT2D eigenvalue weighted by Crippen LogP contribution is 2.23. The zero-order valence-corrected chi connectivity index (χ0v) is 14.8. The molecule has 2 saturated heterocycles. The molecule has 9 heteroatoms. The lowest BCUT2D eigenvalue weighted by Crippen LogP contribution is -2.54. The molecule has 4 heterocycles. The average Bonchev–Trinajstić information content (AvgIpc) is 3.28. The SMILES string of the molecule is O=C(c1cnccn1)N1CCN2C(=O)N(CCc3cccs3)C(=O)[C@H]2C1. The third-order valence-electron chi connectivity index (χ3n) is 4.64. The number of imide groups is 1. The summed E-state index contributed by atoms with van der Waals surface area (Å²) < 4.78 is 0. The zero-order chi connectivity index (χ0) is 18.1. The molecule has 0 saturated carbocycles. The Morgan fingerprint density at radius 3 is 2.88 bits per heavy atom. The van der Waals surface area contributed by atoms with E-state index in [-0.39, 0.29) is 30.1 Å². The van der Waals surface area contributed by atoms with Crippen LogP contribution in [0.15, 0.2) is 36.1 Å². The highest BCUT2D eigenvalue weighted by molar-refractivity contribution is 7.09. The van der Waals surface area contributed by atoms with Crippen molar-refractivity contribution in [3.05, 3.63) is 46.7 Å². The molecule has 2 aliphatic rings. The maximum Gasteiger partial charge on any atom is 0.327 e. The zero-order valence-electron chi connectivity index (χ0n) is 13.9. The summed E-state index contributed by atoms with van der Waals surface area (Å²) in [6, 6.07) is 3.07. The molecule has 4 rings (SSSR count). The topological polar surface area (TPSA) is 86.7 Å². The Morgan fingerprint density at radius 2 is 2.15 bits per heavy atom. The molecular formula is C17H17N5O3S. The standard InChI is InChI=1S/C17H17N5O3S/c23-15(13-10-18-4-5-19-13)20-7-8-21-14(11-20)16(24)22(17(21)25)6-3-12-2-1-9-26-12/h1-2,4-5,9-10,14H,3,6-8,11H2/t14-/m1/s1. The Bertz CT molecular complexity index is 826. The minimum Gasteiger partial charge on any atom is -0.333 e. The summed E-state index contributed by atoms with van der Waals surface area (Å²) in [6.07, 6.45) is 5.01. The quantitative estimate of drug-likeness (QED) is 0.745. The molecule has 2 fully saturated rings. The molecule has 0 N–H and O–H groups in total. The lowest BCUT2D eigenvalue weighted by atomic mass is 10.1. The van der Waals surface area contributed by atoms with E-state index in [1.54, 1.807) is 21.1 Å². The van der Waals surface area contributed by atoms with Crippen molar-refractivity contribution >= 4 is 29.2 Å². The Labute approximate surface area is 154 Å². The van der Waals surface area contributed by atoms with E-state index >= 15 is 0 Å². The van der Waals surface area contributed by atoms with E-state index in [4.69, 9.17) is 0 Å². The molecular weight excluding hydrogens is 354 g/mol. The van der Waals surface area contributed by atoms with E-state index in [0.717, 1.165) is 4.88 Å². The lowest BCUT2D eigenvalue weighted by Gasteiger charge is -2.35. The molecule has 4 amide bonds. The average molecular weight is 371 g/mol. The number of carbonyl (C=O) groups excluding carboxylic acids is 3. The highest BCUT2D eigenvalue weighted by Gasteiger charge is 2.48. The van der Waals surface area contributed by atoms with E-state index in [1.165, 1.54) is 23.5 Å². The molecule has 0 spiro atoms. The number of rotatable bonds is 4. The normalized spacial score (nSPS) is 19.8. The van der Waals surface area contributed by atoms with Gasteiger partial charge in [-0.25, -0.2) is 9.78 Å². The van der Waals surface area contributed by atoms with Crippen LogP contribution in [-0.4, -0.2) is 74.7 Å². The first-order valence-electron chi connectivity index (χ1n) is 8.35. The van der Waals surface area contributed by atoms with Crippen LogP contribution >= 0.6 is 11.3 Å². The second kappa shape index (κ2) is 6.83. The molecule has 2 aromatic rings. The van der Waals surface area contributed by atoms with Gasteiger partial charge in [-0.15, -0.1) is 11.3 Å². The van der Waals surface area contributed by atoms with Crippen LogP contribution < -0.4 is 0 Å². The number of carbonyl (C=O) groups is 3. The van der Waals surface area contributed by atoms with Crippen LogP contribution in [-0.2, 0) is 11.2 Å².